The van der Waals surface area contributed by atoms with Crippen LogP contribution in [-0.2, 0) is 14.3 Å². The van der Waals surface area contributed by atoms with Crippen LogP contribution in [0.4, 0.5) is 4.79 Å². The molecule has 3 aromatic rings. The Morgan fingerprint density at radius 2 is 1.71 bits per heavy atom. The Morgan fingerprint density at radius 3 is 2.21 bits per heavy atom. The van der Waals surface area contributed by atoms with E-state index in [4.69, 9.17) is 15.9 Å². The van der Waals surface area contributed by atoms with E-state index in [1.54, 1.807) is 0 Å². The van der Waals surface area contributed by atoms with Gasteiger partial charge in [0, 0.05) is 12.1 Å². The van der Waals surface area contributed by atoms with Crippen molar-refractivity contribution in [1.82, 2.24) is 20.9 Å². The van der Waals surface area contributed by atoms with Crippen LogP contribution in [0.5, 0.6) is 0 Å². The Labute approximate surface area is 224 Å². The summed E-state index contributed by atoms with van der Waals surface area (Å²) in [4.78, 5) is 44.7. The van der Waals surface area contributed by atoms with Gasteiger partial charge in [-0.25, -0.2) is 9.78 Å². The highest BCUT2D eigenvalue weighted by atomic mass is 32.1. The van der Waals surface area contributed by atoms with Crippen LogP contribution in [0.3, 0.4) is 0 Å². The number of rotatable bonds is 10. The number of nitrogen functional groups attached to an aromatic ring is 1. The van der Waals surface area contributed by atoms with Crippen molar-refractivity contribution in [3.8, 4) is 0 Å². The number of benzene rings is 2. The number of ketones is 1. The predicted molar refractivity (Wildman–Crippen MR) is 144 cm³/mol. The first kappa shape index (κ1) is 27.0. The number of alkyl carbamates (subject to hydrolysis) is 1. The average molecular weight is 535 g/mol. The lowest BCUT2D eigenvalue weighted by Gasteiger charge is -2.29. The number of aromatic nitrogens is 1. The van der Waals surface area contributed by atoms with Crippen molar-refractivity contribution in [2.45, 2.75) is 36.9 Å². The van der Waals surface area contributed by atoms with Gasteiger partial charge in [-0.1, -0.05) is 60.7 Å². The van der Waals surface area contributed by atoms with Crippen LogP contribution in [0.25, 0.3) is 0 Å². The van der Waals surface area contributed by atoms with Crippen molar-refractivity contribution >= 4 is 35.0 Å². The maximum Gasteiger partial charge on any atom is 0.407 e. The number of nitrogens with one attached hydrogen (secondary N) is 4. The van der Waals surface area contributed by atoms with E-state index in [-0.39, 0.29) is 11.6 Å². The van der Waals surface area contributed by atoms with Gasteiger partial charge in [0.15, 0.2) is 5.78 Å². The molecule has 1 aliphatic heterocycles. The average Bonchev–Trinajstić information content (AvgIpc) is 3.65. The smallest absolute Gasteiger partial charge is 0.407 e. The van der Waals surface area contributed by atoms with E-state index in [2.05, 4.69) is 20.9 Å². The van der Waals surface area contributed by atoms with Crippen LogP contribution in [-0.4, -0.2) is 54.3 Å². The highest BCUT2D eigenvalue weighted by Crippen LogP contribution is 2.30. The summed E-state index contributed by atoms with van der Waals surface area (Å²) < 4.78 is 4.85. The van der Waals surface area contributed by atoms with E-state index in [0.29, 0.717) is 22.9 Å². The van der Waals surface area contributed by atoms with Gasteiger partial charge >= 0.3 is 6.09 Å². The minimum Gasteiger partial charge on any atom is -0.453 e. The quantitative estimate of drug-likeness (QED) is 0.197. The molecule has 1 aromatic heterocycles. The molecule has 0 spiro atoms. The molecule has 3 atom stereocenters. The van der Waals surface area contributed by atoms with E-state index in [0.717, 1.165) is 28.9 Å². The van der Waals surface area contributed by atoms with Crippen LogP contribution in [0.15, 0.2) is 66.9 Å². The lowest BCUT2D eigenvalue weighted by Crippen LogP contribution is -2.53. The summed E-state index contributed by atoms with van der Waals surface area (Å²) in [5, 5.41) is 16.7. The molecule has 1 fully saturated rings. The second-order valence-corrected chi connectivity index (χ2v) is 9.94. The van der Waals surface area contributed by atoms with Crippen molar-refractivity contribution < 1.29 is 19.1 Å². The zero-order valence-electron chi connectivity index (χ0n) is 20.8. The summed E-state index contributed by atoms with van der Waals surface area (Å²) in [5.41, 5.74) is 7.21. The zero-order chi connectivity index (χ0) is 27.1. The van der Waals surface area contributed by atoms with Crippen LogP contribution in [0, 0.1) is 5.41 Å². The molecule has 0 aliphatic carbocycles. The molecule has 1 aliphatic rings. The van der Waals surface area contributed by atoms with E-state index in [9.17, 15) is 14.4 Å². The molecule has 4 rings (SSSR count). The van der Waals surface area contributed by atoms with Crippen LogP contribution in [0.1, 0.15) is 45.8 Å². The van der Waals surface area contributed by atoms with Crippen LogP contribution in [0.2, 0.25) is 0 Å². The van der Waals surface area contributed by atoms with Gasteiger partial charge in [0.1, 0.15) is 22.9 Å². The molecular weight excluding hydrogens is 504 g/mol. The van der Waals surface area contributed by atoms with E-state index >= 15 is 0 Å². The van der Waals surface area contributed by atoms with Gasteiger partial charge in [-0.15, -0.1) is 11.3 Å². The predicted octanol–water partition coefficient (Wildman–Crippen LogP) is 2.46. The minimum atomic E-state index is -1.12. The maximum absolute atomic E-state index is 14.0. The van der Waals surface area contributed by atoms with Gasteiger partial charge in [0.05, 0.1) is 18.0 Å². The molecule has 1 unspecified atom stereocenters. The number of methoxy groups -OCH3 is 1. The summed E-state index contributed by atoms with van der Waals surface area (Å²) in [5.74, 6) is -1.58. The minimum absolute atomic E-state index is 0.177. The fourth-order valence-corrected chi connectivity index (χ4v) is 5.38. The van der Waals surface area contributed by atoms with E-state index < -0.39 is 36.0 Å². The largest absolute Gasteiger partial charge is 0.453 e. The fraction of sp³-hybridized carbons (Fsp3) is 0.296. The lowest BCUT2D eigenvalue weighted by atomic mass is 9.84. The Bertz CT molecular complexity index is 1240. The molecule has 198 valence electrons. The fourth-order valence-electron chi connectivity index (χ4n) is 4.55. The third-order valence-corrected chi connectivity index (χ3v) is 7.50. The maximum atomic E-state index is 14.0. The summed E-state index contributed by atoms with van der Waals surface area (Å²) in [7, 11) is 1.22. The first-order valence-corrected chi connectivity index (χ1v) is 13.0. The number of Topliss-reactive ketones (excluding diaryl/α,β-unsaturated/α-hetero) is 1. The van der Waals surface area contributed by atoms with Gasteiger partial charge in [-0.05, 0) is 30.5 Å². The number of amides is 2. The van der Waals surface area contributed by atoms with Gasteiger partial charge in [0.25, 0.3) is 0 Å². The van der Waals surface area contributed by atoms with Crippen LogP contribution < -0.4 is 21.7 Å². The van der Waals surface area contributed by atoms with Gasteiger partial charge in [-0.3, -0.25) is 15.0 Å². The number of amidine groups is 1. The number of hydrogen-bond acceptors (Lipinski definition) is 8. The third-order valence-electron chi connectivity index (χ3n) is 6.40. The molecule has 0 saturated carbocycles. The number of thiazole rings is 1. The zero-order valence-corrected chi connectivity index (χ0v) is 21.7. The van der Waals surface area contributed by atoms with Gasteiger partial charge in [-0.2, -0.15) is 0 Å². The monoisotopic (exact) mass is 534 g/mol. The van der Waals surface area contributed by atoms with Crippen molar-refractivity contribution in [1.29, 1.82) is 5.41 Å². The van der Waals surface area contributed by atoms with E-state index in [1.807, 2.05) is 60.7 Å². The first-order valence-electron chi connectivity index (χ1n) is 12.2. The molecule has 0 radical (unpaired) electrons. The molecule has 38 heavy (non-hydrogen) atoms. The number of nitrogens with zero attached hydrogens (tertiary/aromatic N) is 1. The summed E-state index contributed by atoms with van der Waals surface area (Å²) in [6.45, 7) is 0.699. The topological polar surface area (TPSA) is 159 Å². The normalized spacial score (nSPS) is 16.4. The third kappa shape index (κ3) is 6.24. The highest BCUT2D eigenvalue weighted by Gasteiger charge is 2.38. The molecule has 1 saturated heterocycles. The number of ether oxygens (including phenoxy) is 1. The first-order chi connectivity index (χ1) is 18.4. The molecule has 6 N–H and O–H groups in total. The lowest BCUT2D eigenvalue weighted by molar-refractivity contribution is -0.130. The second-order valence-electron chi connectivity index (χ2n) is 8.88. The van der Waals surface area contributed by atoms with Crippen molar-refractivity contribution in [2.24, 2.45) is 5.73 Å². The summed E-state index contributed by atoms with van der Waals surface area (Å²) >= 11 is 1.07. The van der Waals surface area contributed by atoms with Crippen molar-refractivity contribution in [3.05, 3.63) is 87.9 Å². The molecular formula is C27H30N6O4S. The van der Waals surface area contributed by atoms with Gasteiger partial charge < -0.3 is 26.4 Å². The molecule has 0 bridgehead atoms. The Balaban J connectivity index is 1.73. The SMILES string of the molecule is COC(=O)N[C@@H](C(=O)NC(C(=O)[C@@H]1CCCN1)c1ncc(C(=N)N)s1)C(c1ccccc1)c1ccccc1. The summed E-state index contributed by atoms with van der Waals surface area (Å²) in [6, 6.07) is 16.0. The number of hydrogen-bond donors (Lipinski definition) is 5. The number of carbonyl (C=O) groups excluding carboxylic acids is 3. The Morgan fingerprint density at radius 1 is 1.08 bits per heavy atom. The second kappa shape index (κ2) is 12.4. The number of nitrogens with two attached hydrogens (primary N) is 1. The summed E-state index contributed by atoms with van der Waals surface area (Å²) in [6.07, 6.45) is 2.11. The van der Waals surface area contributed by atoms with Crippen molar-refractivity contribution in [3.63, 3.8) is 0 Å². The molecule has 11 heteroatoms. The van der Waals surface area contributed by atoms with Crippen molar-refractivity contribution in [2.75, 3.05) is 13.7 Å². The molecule has 2 aromatic carbocycles. The Hall–Kier alpha value is -4.09. The standard InChI is InChI=1S/C27H30N6O4S/c1-37-27(36)33-21(20(16-9-4-2-5-10-16)17-11-6-3-7-12-17)25(35)32-22(23(34)18-13-8-14-30-18)26-31-15-19(38-26)24(28)29/h2-7,9-12,15,18,20-22,30H,8,13-14H2,1H3,(H3,28,29)(H,32,35)(H,33,36)/t18-,21+,22?/m0/s1. The molecule has 2 heterocycles. The Kier molecular flexibility index (Phi) is 8.82. The number of carbonyl (C=O) groups is 3. The van der Waals surface area contributed by atoms with Gasteiger partial charge in [0.2, 0.25) is 5.91 Å². The van der Waals surface area contributed by atoms with Crippen LogP contribution >= 0.6 is 11.3 Å². The van der Waals surface area contributed by atoms with E-state index in [1.165, 1.54) is 13.3 Å². The molecule has 2 amide bonds. The highest BCUT2D eigenvalue weighted by molar-refractivity contribution is 7.13. The molecule has 10 nitrogen and oxygen atoms in total.